The van der Waals surface area contributed by atoms with Crippen LogP contribution in [-0.2, 0) is 4.79 Å². The van der Waals surface area contributed by atoms with Gasteiger partial charge in [0.2, 0.25) is 5.91 Å². The molecule has 31 heavy (non-hydrogen) atoms. The molecule has 2 rings (SSSR count). The maximum absolute atomic E-state index is 12.4. The molecule has 0 aromatic heterocycles. The van der Waals surface area contributed by atoms with Gasteiger partial charge in [0.05, 0.1) is 6.10 Å². The van der Waals surface area contributed by atoms with Crippen molar-refractivity contribution in [3.63, 3.8) is 0 Å². The zero-order chi connectivity index (χ0) is 22.8. The molecule has 0 aliphatic rings. The molecule has 2 aromatic rings. The van der Waals surface area contributed by atoms with Crippen molar-refractivity contribution >= 4 is 40.7 Å². The number of carbonyl (C=O) groups is 3. The number of carbonyl (C=O) groups excluding carboxylic acids is 3. The number of hydrazine groups is 1. The van der Waals surface area contributed by atoms with Gasteiger partial charge in [0.25, 0.3) is 11.8 Å². The Morgan fingerprint density at radius 1 is 0.968 bits per heavy atom. The molecule has 0 aliphatic heterocycles. The van der Waals surface area contributed by atoms with Crippen molar-refractivity contribution in [1.29, 1.82) is 0 Å². The molecule has 1 atom stereocenters. The van der Waals surface area contributed by atoms with Gasteiger partial charge < -0.3 is 10.1 Å². The molecule has 0 aliphatic carbocycles. The van der Waals surface area contributed by atoms with Gasteiger partial charge in [-0.1, -0.05) is 19.9 Å². The van der Waals surface area contributed by atoms with Crippen LogP contribution in [0.3, 0.4) is 0 Å². The van der Waals surface area contributed by atoms with Crippen molar-refractivity contribution in [3.05, 3.63) is 59.7 Å². The Morgan fingerprint density at radius 3 is 2.32 bits per heavy atom. The van der Waals surface area contributed by atoms with E-state index in [-0.39, 0.29) is 17.1 Å². The Morgan fingerprint density at radius 2 is 1.68 bits per heavy atom. The van der Waals surface area contributed by atoms with E-state index in [0.717, 1.165) is 6.42 Å². The first-order valence-electron chi connectivity index (χ1n) is 9.90. The molecule has 164 valence electrons. The molecule has 0 radical (unpaired) electrons. The van der Waals surface area contributed by atoms with Crippen molar-refractivity contribution in [2.45, 2.75) is 39.7 Å². The second-order valence-electron chi connectivity index (χ2n) is 6.71. The second kappa shape index (κ2) is 11.7. The molecule has 0 saturated heterocycles. The third-order valence-electron chi connectivity index (χ3n) is 4.28. The average molecular weight is 443 g/mol. The standard InChI is InChI=1S/C22H26N4O4S/c1-4-14(3)30-18-8-6-7-16(13-18)20(28)24-22(31)26-25-21(29)15-9-11-17(12-10-15)23-19(27)5-2/h6-14H,4-5H2,1-3H3,(H,23,27)(H,25,29)(H2,24,26,28,31). The quantitative estimate of drug-likeness (QED) is 0.388. The third kappa shape index (κ3) is 7.71. The van der Waals surface area contributed by atoms with Crippen LogP contribution in [0.2, 0.25) is 0 Å². The van der Waals surface area contributed by atoms with E-state index < -0.39 is 11.8 Å². The van der Waals surface area contributed by atoms with Crippen molar-refractivity contribution in [3.8, 4) is 5.75 Å². The Labute approximate surface area is 186 Å². The molecule has 0 spiro atoms. The van der Waals surface area contributed by atoms with Gasteiger partial charge in [-0.15, -0.1) is 0 Å². The monoisotopic (exact) mass is 442 g/mol. The van der Waals surface area contributed by atoms with Crippen molar-refractivity contribution in [2.24, 2.45) is 0 Å². The van der Waals surface area contributed by atoms with Crippen LogP contribution >= 0.6 is 12.2 Å². The van der Waals surface area contributed by atoms with Gasteiger partial charge in [0.1, 0.15) is 5.75 Å². The fraction of sp³-hybridized carbons (Fsp3) is 0.273. The molecule has 0 saturated carbocycles. The van der Waals surface area contributed by atoms with E-state index in [4.69, 9.17) is 17.0 Å². The van der Waals surface area contributed by atoms with Gasteiger partial charge in [0, 0.05) is 23.2 Å². The number of amides is 3. The minimum Gasteiger partial charge on any atom is -0.491 e. The first kappa shape index (κ1) is 23.8. The number of anilines is 1. The number of hydrogen-bond acceptors (Lipinski definition) is 5. The summed E-state index contributed by atoms with van der Waals surface area (Å²) in [6, 6.07) is 13.1. The first-order chi connectivity index (χ1) is 14.8. The summed E-state index contributed by atoms with van der Waals surface area (Å²) in [7, 11) is 0. The molecule has 8 nitrogen and oxygen atoms in total. The highest BCUT2D eigenvalue weighted by molar-refractivity contribution is 7.80. The highest BCUT2D eigenvalue weighted by Crippen LogP contribution is 2.16. The number of ether oxygens (including phenoxy) is 1. The molecule has 2 aromatic carbocycles. The molecule has 0 heterocycles. The molecule has 4 N–H and O–H groups in total. The molecule has 1 unspecified atom stereocenters. The number of hydrogen-bond donors (Lipinski definition) is 4. The molecule has 0 fully saturated rings. The molecule has 9 heteroatoms. The van der Waals surface area contributed by atoms with Gasteiger partial charge in [-0.2, -0.15) is 0 Å². The van der Waals surface area contributed by atoms with Crippen LogP contribution in [0.5, 0.6) is 5.75 Å². The Hall–Kier alpha value is -3.46. The van der Waals surface area contributed by atoms with Gasteiger partial charge in [-0.25, -0.2) is 0 Å². The number of nitrogens with one attached hydrogen (secondary N) is 4. The third-order valence-corrected chi connectivity index (χ3v) is 4.48. The second-order valence-corrected chi connectivity index (χ2v) is 7.11. The maximum atomic E-state index is 12.4. The van der Waals surface area contributed by atoms with Crippen molar-refractivity contribution in [2.75, 3.05) is 5.32 Å². The van der Waals surface area contributed by atoms with E-state index in [0.29, 0.717) is 29.0 Å². The van der Waals surface area contributed by atoms with Crippen molar-refractivity contribution in [1.82, 2.24) is 16.2 Å². The predicted octanol–water partition coefficient (Wildman–Crippen LogP) is 3.16. The lowest BCUT2D eigenvalue weighted by molar-refractivity contribution is -0.115. The van der Waals surface area contributed by atoms with Gasteiger partial charge >= 0.3 is 0 Å². The average Bonchev–Trinajstić information content (AvgIpc) is 2.77. The minimum atomic E-state index is -0.450. The highest BCUT2D eigenvalue weighted by Gasteiger charge is 2.11. The van der Waals surface area contributed by atoms with Gasteiger partial charge in [-0.05, 0) is 68.0 Å². The summed E-state index contributed by atoms with van der Waals surface area (Å²) >= 11 is 5.07. The zero-order valence-corrected chi connectivity index (χ0v) is 18.5. The summed E-state index contributed by atoms with van der Waals surface area (Å²) < 4.78 is 5.71. The predicted molar refractivity (Wildman–Crippen MR) is 123 cm³/mol. The van der Waals surface area contributed by atoms with Gasteiger partial charge in [0.15, 0.2) is 5.11 Å². The first-order valence-corrected chi connectivity index (χ1v) is 10.3. The topological polar surface area (TPSA) is 109 Å². The Balaban J connectivity index is 1.86. The number of rotatable bonds is 7. The molecular formula is C22H26N4O4S. The fourth-order valence-corrected chi connectivity index (χ4v) is 2.52. The van der Waals surface area contributed by atoms with Crippen LogP contribution in [-0.4, -0.2) is 28.9 Å². The summed E-state index contributed by atoms with van der Waals surface area (Å²) in [6.07, 6.45) is 1.25. The lowest BCUT2D eigenvalue weighted by Gasteiger charge is -2.14. The molecular weight excluding hydrogens is 416 g/mol. The van der Waals surface area contributed by atoms with Gasteiger partial charge in [-0.3, -0.25) is 30.6 Å². The Kier molecular flexibility index (Phi) is 8.95. The van der Waals surface area contributed by atoms with Crippen LogP contribution in [0.1, 0.15) is 54.3 Å². The number of benzene rings is 2. The summed E-state index contributed by atoms with van der Waals surface area (Å²) in [5.41, 5.74) is 6.23. The van der Waals surface area contributed by atoms with E-state index in [1.54, 1.807) is 55.5 Å². The van der Waals surface area contributed by atoms with E-state index in [1.165, 1.54) is 0 Å². The largest absolute Gasteiger partial charge is 0.491 e. The van der Waals surface area contributed by atoms with Crippen LogP contribution in [0.25, 0.3) is 0 Å². The normalized spacial score (nSPS) is 11.1. The summed E-state index contributed by atoms with van der Waals surface area (Å²) in [5, 5.41) is 5.14. The van der Waals surface area contributed by atoms with Crippen LogP contribution in [0.15, 0.2) is 48.5 Å². The number of thiocarbonyl (C=S) groups is 1. The maximum Gasteiger partial charge on any atom is 0.269 e. The molecule has 3 amide bonds. The van der Waals surface area contributed by atoms with Crippen LogP contribution in [0.4, 0.5) is 5.69 Å². The SMILES string of the molecule is CCC(=O)Nc1ccc(C(=O)NNC(=S)NC(=O)c2cccc(OC(C)CC)c2)cc1. The Bertz CT molecular complexity index is 947. The van der Waals surface area contributed by atoms with E-state index in [1.807, 2.05) is 13.8 Å². The van der Waals surface area contributed by atoms with E-state index in [2.05, 4.69) is 21.5 Å². The zero-order valence-electron chi connectivity index (χ0n) is 17.7. The lowest BCUT2D eigenvalue weighted by Crippen LogP contribution is -2.48. The van der Waals surface area contributed by atoms with Crippen LogP contribution in [0, 0.1) is 0 Å². The van der Waals surface area contributed by atoms with Crippen molar-refractivity contribution < 1.29 is 19.1 Å². The highest BCUT2D eigenvalue weighted by atomic mass is 32.1. The molecule has 0 bridgehead atoms. The van der Waals surface area contributed by atoms with E-state index >= 15 is 0 Å². The smallest absolute Gasteiger partial charge is 0.269 e. The summed E-state index contributed by atoms with van der Waals surface area (Å²) in [6.45, 7) is 5.71. The summed E-state index contributed by atoms with van der Waals surface area (Å²) in [4.78, 5) is 36.0. The lowest BCUT2D eigenvalue weighted by atomic mass is 10.2. The minimum absolute atomic E-state index is 0.0354. The summed E-state index contributed by atoms with van der Waals surface area (Å²) in [5.74, 6) is -0.407. The van der Waals surface area contributed by atoms with Crippen LogP contribution < -0.4 is 26.2 Å². The van der Waals surface area contributed by atoms with E-state index in [9.17, 15) is 14.4 Å². The fourth-order valence-electron chi connectivity index (χ4n) is 2.37.